The van der Waals surface area contributed by atoms with Gasteiger partial charge in [0.05, 0.1) is 0 Å². The van der Waals surface area contributed by atoms with E-state index in [1.807, 2.05) is 0 Å². The van der Waals surface area contributed by atoms with E-state index in [0.717, 1.165) is 12.8 Å². The fourth-order valence-electron chi connectivity index (χ4n) is 4.92. The lowest BCUT2D eigenvalue weighted by Gasteiger charge is -2.24. The first-order valence-electron chi connectivity index (χ1n) is 17.3. The predicted octanol–water partition coefficient (Wildman–Crippen LogP) is 14.1. The fourth-order valence-corrected chi connectivity index (χ4v) is 4.92. The molecule has 0 bridgehead atoms. The molecule has 0 spiro atoms. The highest BCUT2D eigenvalue weighted by Gasteiger charge is 2.18. The molecule has 2 rings (SSSR count). The molecule has 0 heterocycles. The highest BCUT2D eigenvalue weighted by atomic mass is 14.2. The van der Waals surface area contributed by atoms with Crippen LogP contribution in [0.4, 0.5) is 0 Å². The predicted molar refractivity (Wildman–Crippen MR) is 203 cm³/mol. The van der Waals surface area contributed by atoms with E-state index in [9.17, 15) is 0 Å². The number of rotatable bonds is 6. The summed E-state index contributed by atoms with van der Waals surface area (Å²) in [4.78, 5) is 0. The van der Waals surface area contributed by atoms with E-state index in [-0.39, 0.29) is 0 Å². The van der Waals surface area contributed by atoms with Crippen LogP contribution in [0.2, 0.25) is 0 Å². The van der Waals surface area contributed by atoms with Crippen LogP contribution in [0.1, 0.15) is 160 Å². The van der Waals surface area contributed by atoms with Crippen LogP contribution in [0.3, 0.4) is 0 Å². The van der Waals surface area contributed by atoms with E-state index in [1.54, 1.807) is 0 Å². The average Bonchev–Trinajstić information content (AvgIpc) is 2.75. The van der Waals surface area contributed by atoms with Crippen molar-refractivity contribution in [2.24, 2.45) is 32.5 Å². The van der Waals surface area contributed by atoms with Crippen molar-refractivity contribution in [2.45, 2.75) is 163 Å². The topological polar surface area (TPSA) is 0 Å². The maximum Gasteiger partial charge on any atom is -0.0227 e. The third kappa shape index (κ3) is 26.6. The van der Waals surface area contributed by atoms with Crippen molar-refractivity contribution >= 4 is 0 Å². The molecule has 0 saturated carbocycles. The van der Waals surface area contributed by atoms with Crippen LogP contribution in [0.15, 0.2) is 60.7 Å². The van der Waals surface area contributed by atoms with Crippen LogP contribution in [0, 0.1) is 32.5 Å². The molecule has 0 heteroatoms. The zero-order valence-electron chi connectivity index (χ0n) is 33.0. The second-order valence-corrected chi connectivity index (χ2v) is 20.5. The molecule has 2 aromatic carbocycles. The van der Waals surface area contributed by atoms with Crippen LogP contribution in [0.25, 0.3) is 0 Å². The smallest absolute Gasteiger partial charge is 0.0227 e. The van der Waals surface area contributed by atoms with Gasteiger partial charge in [0.2, 0.25) is 0 Å². The van der Waals surface area contributed by atoms with E-state index in [2.05, 4.69) is 185 Å². The quantitative estimate of drug-likeness (QED) is 0.288. The molecule has 44 heavy (non-hydrogen) atoms. The van der Waals surface area contributed by atoms with Crippen LogP contribution < -0.4 is 0 Å². The molecular formula is C44H76. The third-order valence-corrected chi connectivity index (χ3v) is 6.68. The summed E-state index contributed by atoms with van der Waals surface area (Å²) in [5, 5.41) is 0. The van der Waals surface area contributed by atoms with Crippen LogP contribution in [0.5, 0.6) is 0 Å². The van der Waals surface area contributed by atoms with Gasteiger partial charge in [0.25, 0.3) is 0 Å². The second-order valence-electron chi connectivity index (χ2n) is 20.5. The molecule has 0 radical (unpaired) electrons. The van der Waals surface area contributed by atoms with Crippen molar-refractivity contribution in [3.8, 4) is 0 Å². The van der Waals surface area contributed by atoms with Gasteiger partial charge in [-0.25, -0.2) is 0 Å². The zero-order chi connectivity index (χ0) is 34.6. The van der Waals surface area contributed by atoms with Gasteiger partial charge < -0.3 is 0 Å². The van der Waals surface area contributed by atoms with Crippen molar-refractivity contribution in [3.05, 3.63) is 82.9 Å². The molecule has 252 valence electrons. The van der Waals surface area contributed by atoms with Gasteiger partial charge in [-0.1, -0.05) is 185 Å². The largest absolute Gasteiger partial charge is 0.0880 e. The summed E-state index contributed by atoms with van der Waals surface area (Å²) in [6.07, 6.45) is 11.6. The van der Waals surface area contributed by atoms with Crippen LogP contribution in [-0.4, -0.2) is 0 Å². The molecule has 0 aliphatic heterocycles. The van der Waals surface area contributed by atoms with E-state index in [1.165, 1.54) is 47.9 Å². The molecule has 0 saturated heterocycles. The number of hydrogen-bond donors (Lipinski definition) is 0. The molecule has 0 N–H and O–H groups in total. The van der Waals surface area contributed by atoms with E-state index >= 15 is 0 Å². The lowest BCUT2D eigenvalue weighted by molar-refractivity contribution is 0.392. The minimum atomic E-state index is 0.369. The van der Waals surface area contributed by atoms with Gasteiger partial charge in [-0.3, -0.25) is 0 Å². The van der Waals surface area contributed by atoms with Crippen LogP contribution in [-0.2, 0) is 25.7 Å². The molecular weight excluding hydrogens is 528 g/mol. The van der Waals surface area contributed by atoms with Crippen molar-refractivity contribution in [2.75, 3.05) is 0 Å². The van der Waals surface area contributed by atoms with Crippen molar-refractivity contribution in [3.63, 3.8) is 0 Å². The Kier molecular flexibility index (Phi) is 16.5. The molecule has 0 amide bonds. The van der Waals surface area contributed by atoms with Crippen molar-refractivity contribution in [1.82, 2.24) is 0 Å². The Balaban J connectivity index is 0.000000639. The maximum absolute atomic E-state index is 2.31. The highest BCUT2D eigenvalue weighted by molar-refractivity contribution is 5.29. The van der Waals surface area contributed by atoms with Gasteiger partial charge in [-0.2, -0.15) is 0 Å². The first-order chi connectivity index (χ1) is 19.5. The third-order valence-electron chi connectivity index (χ3n) is 6.68. The van der Waals surface area contributed by atoms with E-state index < -0.39 is 0 Å². The molecule has 0 aliphatic carbocycles. The summed E-state index contributed by atoms with van der Waals surface area (Å²) in [7, 11) is 0. The number of benzene rings is 2. The van der Waals surface area contributed by atoms with Gasteiger partial charge in [-0.05, 0) is 93.3 Å². The van der Waals surface area contributed by atoms with E-state index in [0.29, 0.717) is 32.5 Å². The summed E-state index contributed by atoms with van der Waals surface area (Å²) in [5.41, 5.74) is 8.31. The first kappa shape index (κ1) is 42.2. The molecule has 2 aromatic rings. The summed E-state index contributed by atoms with van der Waals surface area (Å²) < 4.78 is 0. The molecule has 0 nitrogen and oxygen atoms in total. The number of hydrogen-bond acceptors (Lipinski definition) is 0. The fraction of sp³-hybridized carbons (Fsp3) is 0.682. The second kappa shape index (κ2) is 17.2. The zero-order valence-corrected chi connectivity index (χ0v) is 33.0. The Hall–Kier alpha value is -1.82. The molecule has 0 fully saturated rings. The Morgan fingerprint density at radius 1 is 0.341 bits per heavy atom. The standard InChI is InChI=1S/2C16H26.C12H24/c1-15(2,3)11-13-7-9-14(10-8-13)12-16(4,5)6;1-15(2,3)11-13-9-7-8-10-14(13)12-16(4,5)6;1-11(2,3)9-7-8-10-12(4,5)6/h2*7-10H,11-12H2,1-6H3;7-8H,9-10H2,1-6H3/b;;8-7+. The lowest BCUT2D eigenvalue weighted by Crippen LogP contribution is -2.15. The molecule has 0 aromatic heterocycles. The van der Waals surface area contributed by atoms with Gasteiger partial charge in [0.15, 0.2) is 0 Å². The summed E-state index contributed by atoms with van der Waals surface area (Å²) >= 11 is 0. The van der Waals surface area contributed by atoms with Gasteiger partial charge >= 0.3 is 0 Å². The summed E-state index contributed by atoms with van der Waals surface area (Å²) in [6, 6.07) is 18.0. The monoisotopic (exact) mass is 605 g/mol. The summed E-state index contributed by atoms with van der Waals surface area (Å²) in [5.74, 6) is 0. The van der Waals surface area contributed by atoms with Crippen molar-refractivity contribution < 1.29 is 0 Å². The van der Waals surface area contributed by atoms with E-state index in [4.69, 9.17) is 0 Å². The average molecular weight is 605 g/mol. The van der Waals surface area contributed by atoms with Gasteiger partial charge in [0.1, 0.15) is 0 Å². The SMILES string of the molecule is CC(C)(C)C/C=C/CC(C)(C)C.CC(C)(C)Cc1ccc(CC(C)(C)C)cc1.CC(C)(C)Cc1ccccc1CC(C)(C)C. The first-order valence-corrected chi connectivity index (χ1v) is 17.3. The Labute approximate surface area is 277 Å². The molecule has 0 aliphatic rings. The Bertz CT molecular complexity index is 978. The minimum Gasteiger partial charge on any atom is -0.0880 e. The molecule has 0 unspecified atom stereocenters. The van der Waals surface area contributed by atoms with Crippen molar-refractivity contribution in [1.29, 1.82) is 0 Å². The number of allylic oxidation sites excluding steroid dienone is 2. The minimum absolute atomic E-state index is 0.369. The highest BCUT2D eigenvalue weighted by Crippen LogP contribution is 2.28. The van der Waals surface area contributed by atoms with Crippen LogP contribution >= 0.6 is 0 Å². The summed E-state index contributed by atoms with van der Waals surface area (Å²) in [6.45, 7) is 41.2. The maximum atomic E-state index is 2.31. The normalized spacial score (nSPS) is 13.2. The molecule has 0 atom stereocenters. The van der Waals surface area contributed by atoms with Gasteiger partial charge in [-0.15, -0.1) is 0 Å². The Morgan fingerprint density at radius 3 is 0.795 bits per heavy atom. The Morgan fingerprint density at radius 2 is 0.591 bits per heavy atom. The van der Waals surface area contributed by atoms with Gasteiger partial charge in [0, 0.05) is 0 Å². The lowest BCUT2D eigenvalue weighted by atomic mass is 9.81.